The van der Waals surface area contributed by atoms with Crippen LogP contribution in [0, 0.1) is 34.6 Å². The molecular formula is C44H51N4O8P4+. The van der Waals surface area contributed by atoms with Gasteiger partial charge in [0, 0.05) is 9.03 Å². The van der Waals surface area contributed by atoms with Crippen LogP contribution in [0.15, 0.2) is 139 Å². The minimum Gasteiger partial charge on any atom is -0.429 e. The first kappa shape index (κ1) is 45.0. The zero-order valence-corrected chi connectivity index (χ0v) is 38.5. The van der Waals surface area contributed by atoms with Gasteiger partial charge in [0.2, 0.25) is 8.52 Å². The molecule has 1 heterocycles. The van der Waals surface area contributed by atoms with Crippen LogP contribution >= 0.6 is 32.8 Å². The quantitative estimate of drug-likeness (QED) is 0.0559. The van der Waals surface area contributed by atoms with Crippen molar-refractivity contribution in [2.24, 2.45) is 18.1 Å². The molecule has 0 N–H and O–H groups in total. The van der Waals surface area contributed by atoms with Gasteiger partial charge in [-0.2, -0.15) is 9.03 Å². The van der Waals surface area contributed by atoms with Crippen molar-refractivity contribution in [2.45, 2.75) is 79.7 Å². The molecule has 2 unspecified atom stereocenters. The molecule has 0 radical (unpaired) electrons. The Bertz CT molecular complexity index is 2210. The Morgan fingerprint density at radius 2 is 0.933 bits per heavy atom. The Morgan fingerprint density at radius 3 is 1.32 bits per heavy atom. The van der Waals surface area contributed by atoms with Crippen LogP contribution in [-0.4, -0.2) is 25.2 Å². The minimum absolute atomic E-state index is 0.237. The predicted octanol–water partition coefficient (Wildman–Crippen LogP) is 15.0. The molecule has 314 valence electrons. The summed E-state index contributed by atoms with van der Waals surface area (Å²) >= 11 is 0. The van der Waals surface area contributed by atoms with E-state index < -0.39 is 34.1 Å². The molecule has 2 atom stereocenters. The van der Waals surface area contributed by atoms with Gasteiger partial charge in [0.25, 0.3) is 0 Å². The Morgan fingerprint density at radius 1 is 0.533 bits per heavy atom. The van der Waals surface area contributed by atoms with Crippen molar-refractivity contribution >= 4 is 32.8 Å². The zero-order chi connectivity index (χ0) is 42.4. The summed E-state index contributed by atoms with van der Waals surface area (Å²) in [6.45, 7) is 14.6. The van der Waals surface area contributed by atoms with Gasteiger partial charge in [-0.05, 0) is 136 Å². The molecule has 60 heavy (non-hydrogen) atoms. The molecule has 12 nitrogen and oxygen atoms in total. The maximum Gasteiger partial charge on any atom is 0.547 e. The third kappa shape index (κ3) is 13.3. The molecule has 0 saturated carbocycles. The lowest BCUT2D eigenvalue weighted by Crippen LogP contribution is -2.58. The van der Waals surface area contributed by atoms with E-state index >= 15 is 0 Å². The number of nitrogens with zero attached hydrogens (tertiary/aromatic N) is 4. The highest BCUT2D eigenvalue weighted by atomic mass is 31.2. The molecule has 0 bridgehead atoms. The molecule has 6 rings (SSSR count). The lowest BCUT2D eigenvalue weighted by atomic mass is 10.2. The highest BCUT2D eigenvalue weighted by Gasteiger charge is 2.57. The van der Waals surface area contributed by atoms with E-state index in [0.29, 0.717) is 50.3 Å². The SMILES string of the molecule is CCCO[P+]1=NP(OCCC)(OC(CC(Oc2cccc(C)c2)(Oc2cccc(C)c2)Oc2cccc(C)c2)(Oc2cccc(C)c2)Oc2cccc(C)c2)=NP=NP=N1. The Labute approximate surface area is 357 Å². The van der Waals surface area contributed by atoms with E-state index in [0.717, 1.165) is 34.2 Å². The summed E-state index contributed by atoms with van der Waals surface area (Å²) in [7, 11) is -4.92. The number of hydrogen-bond acceptors (Lipinski definition) is 12. The van der Waals surface area contributed by atoms with Gasteiger partial charge in [0.05, 0.1) is 6.61 Å². The van der Waals surface area contributed by atoms with Gasteiger partial charge in [-0.25, -0.2) is 4.52 Å². The van der Waals surface area contributed by atoms with Gasteiger partial charge in [-0.1, -0.05) is 74.5 Å². The molecule has 5 aromatic carbocycles. The van der Waals surface area contributed by atoms with Crippen LogP contribution in [-0.2, 0) is 13.6 Å². The topological polar surface area (TPSA) is 123 Å². The smallest absolute Gasteiger partial charge is 0.429 e. The van der Waals surface area contributed by atoms with Crippen LogP contribution in [0.2, 0.25) is 0 Å². The second kappa shape index (κ2) is 21.3. The Hall–Kier alpha value is -4.49. The van der Waals surface area contributed by atoms with Crippen LogP contribution in [0.25, 0.3) is 0 Å². The maximum atomic E-state index is 7.32. The first-order valence-corrected chi connectivity index (χ1v) is 24.0. The van der Waals surface area contributed by atoms with Crippen molar-refractivity contribution in [1.82, 2.24) is 0 Å². The van der Waals surface area contributed by atoms with Gasteiger partial charge < -0.3 is 28.2 Å². The number of ether oxygens (including phenoxy) is 5. The van der Waals surface area contributed by atoms with Gasteiger partial charge in [0.1, 0.15) is 35.4 Å². The fourth-order valence-electron chi connectivity index (χ4n) is 5.89. The number of hydrogen-bond donors (Lipinski definition) is 0. The van der Waals surface area contributed by atoms with Crippen molar-refractivity contribution < 1.29 is 37.3 Å². The van der Waals surface area contributed by atoms with Gasteiger partial charge >= 0.3 is 27.7 Å². The van der Waals surface area contributed by atoms with E-state index in [1.54, 1.807) is 0 Å². The van der Waals surface area contributed by atoms with Crippen LogP contribution in [0.1, 0.15) is 60.9 Å². The average Bonchev–Trinajstić information content (AvgIpc) is 3.18. The Balaban J connectivity index is 1.67. The van der Waals surface area contributed by atoms with E-state index in [9.17, 15) is 0 Å². The van der Waals surface area contributed by atoms with Crippen molar-refractivity contribution in [3.05, 3.63) is 149 Å². The van der Waals surface area contributed by atoms with Gasteiger partial charge in [-0.15, -0.1) is 4.52 Å². The molecule has 1 aliphatic heterocycles. The molecule has 0 spiro atoms. The molecule has 0 fully saturated rings. The fraction of sp³-hybridized carbons (Fsp3) is 0.318. The molecule has 0 aliphatic carbocycles. The lowest BCUT2D eigenvalue weighted by molar-refractivity contribution is -0.343. The Kier molecular flexibility index (Phi) is 16.0. The van der Waals surface area contributed by atoms with Crippen LogP contribution in [0.3, 0.4) is 0 Å². The first-order chi connectivity index (χ1) is 29.0. The van der Waals surface area contributed by atoms with Crippen molar-refractivity contribution in [1.29, 1.82) is 0 Å². The monoisotopic (exact) mass is 887 g/mol. The summed E-state index contributed by atoms with van der Waals surface area (Å²) in [6.07, 6.45) is 0.958. The molecule has 0 saturated heterocycles. The van der Waals surface area contributed by atoms with Crippen molar-refractivity contribution in [3.8, 4) is 28.7 Å². The minimum atomic E-state index is -3.82. The fourth-order valence-corrected chi connectivity index (χ4v) is 11.8. The zero-order valence-electron chi connectivity index (χ0n) is 34.9. The summed E-state index contributed by atoms with van der Waals surface area (Å²) < 4.78 is 74.6. The van der Waals surface area contributed by atoms with Crippen LogP contribution < -0.4 is 23.7 Å². The molecule has 1 aliphatic rings. The molecule has 5 aromatic rings. The van der Waals surface area contributed by atoms with Gasteiger partial charge in [0.15, 0.2) is 14.9 Å². The van der Waals surface area contributed by atoms with E-state index in [2.05, 4.69) is 9.03 Å². The van der Waals surface area contributed by atoms with E-state index in [4.69, 9.17) is 46.3 Å². The number of aryl methyl sites for hydroxylation is 5. The van der Waals surface area contributed by atoms with E-state index in [1.165, 1.54) is 0 Å². The molecular weight excluding hydrogens is 836 g/mol. The van der Waals surface area contributed by atoms with Crippen LogP contribution in [0.5, 0.6) is 28.7 Å². The summed E-state index contributed by atoms with van der Waals surface area (Å²) in [5, 5.41) is 0. The molecule has 0 aromatic heterocycles. The summed E-state index contributed by atoms with van der Waals surface area (Å²) in [5.41, 5.74) is 4.74. The first-order valence-electron chi connectivity index (χ1n) is 19.7. The normalized spacial score (nSPS) is 16.4. The maximum absolute atomic E-state index is 7.32. The highest BCUT2D eigenvalue weighted by Crippen LogP contribution is 2.65. The highest BCUT2D eigenvalue weighted by molar-refractivity contribution is 7.66. The lowest BCUT2D eigenvalue weighted by Gasteiger charge is -2.41. The van der Waals surface area contributed by atoms with E-state index in [-0.39, 0.29) is 15.1 Å². The van der Waals surface area contributed by atoms with Gasteiger partial charge in [-0.3, -0.25) is 0 Å². The third-order valence-electron chi connectivity index (χ3n) is 8.42. The summed E-state index contributed by atoms with van der Waals surface area (Å²) in [4.78, 5) is 0. The standard InChI is InChI=1S/C44H51N4O8P4/c1-8-25-49-59-46-57-45-58-47-60(48-59,50-26-9-2)56-44(54-41-23-13-18-36(6)30-41,55-42-24-14-19-37(7)31-42)32-43(51-38-20-10-15-33(3)27-38,52-39-21-11-16-34(4)28-39)53-40-22-12-17-35(5)29-40/h10-24,27-31H,8-9,25-26,32H2,1-7H3/q+1. The molecule has 0 amide bonds. The second-order valence-electron chi connectivity index (χ2n) is 14.2. The number of benzene rings is 5. The van der Waals surface area contributed by atoms with Crippen molar-refractivity contribution in [3.63, 3.8) is 0 Å². The molecule has 16 heteroatoms. The third-order valence-corrected chi connectivity index (χ3v) is 14.2. The largest absolute Gasteiger partial charge is 0.547 e. The van der Waals surface area contributed by atoms with Crippen molar-refractivity contribution in [2.75, 3.05) is 13.2 Å². The average molecular weight is 888 g/mol. The summed E-state index contributed by atoms with van der Waals surface area (Å²) in [6, 6.07) is 38.0. The summed E-state index contributed by atoms with van der Waals surface area (Å²) in [5.74, 6) is -2.14. The van der Waals surface area contributed by atoms with E-state index in [1.807, 2.05) is 170 Å². The number of rotatable bonds is 20. The predicted molar refractivity (Wildman–Crippen MR) is 240 cm³/mol. The second-order valence-corrected chi connectivity index (χ2v) is 19.6. The van der Waals surface area contributed by atoms with Crippen LogP contribution in [0.4, 0.5) is 0 Å².